The quantitative estimate of drug-likeness (QED) is 0.610. The van der Waals surface area contributed by atoms with Crippen LogP contribution in [0, 0.1) is 11.8 Å². The molecular formula is C10H20O. The van der Waals surface area contributed by atoms with Gasteiger partial charge in [0.2, 0.25) is 0 Å². The van der Waals surface area contributed by atoms with Crippen molar-refractivity contribution < 1.29 is 4.74 Å². The van der Waals surface area contributed by atoms with E-state index in [2.05, 4.69) is 13.8 Å². The van der Waals surface area contributed by atoms with E-state index in [1.807, 2.05) is 0 Å². The van der Waals surface area contributed by atoms with Crippen LogP contribution < -0.4 is 0 Å². The van der Waals surface area contributed by atoms with Crippen molar-refractivity contribution in [3.8, 4) is 0 Å². The predicted octanol–water partition coefficient (Wildman–Crippen LogP) is 2.85. The van der Waals surface area contributed by atoms with E-state index in [0.717, 1.165) is 25.0 Å². The molecule has 1 aliphatic rings. The number of rotatable bonds is 3. The summed E-state index contributed by atoms with van der Waals surface area (Å²) in [4.78, 5) is 0. The molecule has 0 bridgehead atoms. The van der Waals surface area contributed by atoms with Gasteiger partial charge in [0.05, 0.1) is 0 Å². The Balaban J connectivity index is 2.21. The monoisotopic (exact) mass is 156 g/mol. The molecule has 0 spiro atoms. The second kappa shape index (κ2) is 4.76. The highest BCUT2D eigenvalue weighted by molar-refractivity contribution is 4.68. The molecule has 0 N–H and O–H groups in total. The van der Waals surface area contributed by atoms with E-state index in [0.29, 0.717) is 0 Å². The van der Waals surface area contributed by atoms with Gasteiger partial charge in [-0.15, -0.1) is 0 Å². The third-order valence-corrected chi connectivity index (χ3v) is 2.81. The molecule has 1 unspecified atom stereocenters. The maximum atomic E-state index is 5.33. The molecule has 1 aliphatic heterocycles. The Labute approximate surface area is 70.1 Å². The van der Waals surface area contributed by atoms with Crippen LogP contribution in [-0.4, -0.2) is 13.2 Å². The number of hydrogen-bond donors (Lipinski definition) is 0. The molecule has 66 valence electrons. The van der Waals surface area contributed by atoms with Crippen molar-refractivity contribution in [3.63, 3.8) is 0 Å². The zero-order chi connectivity index (χ0) is 8.10. The summed E-state index contributed by atoms with van der Waals surface area (Å²) in [6.07, 6.45) is 5.31. The maximum Gasteiger partial charge on any atom is 0.0468 e. The molecular weight excluding hydrogens is 136 g/mol. The molecule has 1 nitrogen and oxygen atoms in total. The van der Waals surface area contributed by atoms with Crippen molar-refractivity contribution in [2.24, 2.45) is 11.8 Å². The highest BCUT2D eigenvalue weighted by Crippen LogP contribution is 2.26. The lowest BCUT2D eigenvalue weighted by molar-refractivity contribution is 0.0480. The van der Waals surface area contributed by atoms with Crippen molar-refractivity contribution in [1.29, 1.82) is 0 Å². The fraction of sp³-hybridized carbons (Fsp3) is 1.00. The molecule has 0 aromatic heterocycles. The Bertz CT molecular complexity index is 95.0. The minimum atomic E-state index is 0.920. The Morgan fingerprint density at radius 1 is 1.36 bits per heavy atom. The smallest absolute Gasteiger partial charge is 0.0468 e. The zero-order valence-corrected chi connectivity index (χ0v) is 7.81. The third-order valence-electron chi connectivity index (χ3n) is 2.81. The van der Waals surface area contributed by atoms with Crippen LogP contribution in [0.3, 0.4) is 0 Å². The van der Waals surface area contributed by atoms with Crippen molar-refractivity contribution in [2.75, 3.05) is 13.2 Å². The van der Waals surface area contributed by atoms with Crippen LogP contribution in [0.4, 0.5) is 0 Å². The summed E-state index contributed by atoms with van der Waals surface area (Å²) in [6, 6.07) is 0. The van der Waals surface area contributed by atoms with Crippen LogP contribution >= 0.6 is 0 Å². The van der Waals surface area contributed by atoms with Crippen LogP contribution in [0.25, 0.3) is 0 Å². The van der Waals surface area contributed by atoms with E-state index in [9.17, 15) is 0 Å². The van der Waals surface area contributed by atoms with E-state index in [4.69, 9.17) is 4.74 Å². The average Bonchev–Trinajstić information content (AvgIpc) is 2.07. The van der Waals surface area contributed by atoms with Gasteiger partial charge in [-0.2, -0.15) is 0 Å². The van der Waals surface area contributed by atoms with Gasteiger partial charge in [0.15, 0.2) is 0 Å². The van der Waals surface area contributed by atoms with E-state index < -0.39 is 0 Å². The van der Waals surface area contributed by atoms with Gasteiger partial charge in [-0.3, -0.25) is 0 Å². The van der Waals surface area contributed by atoms with Gasteiger partial charge in [0.1, 0.15) is 0 Å². The lowest BCUT2D eigenvalue weighted by atomic mass is 9.85. The van der Waals surface area contributed by atoms with Crippen molar-refractivity contribution in [2.45, 2.75) is 39.5 Å². The first kappa shape index (κ1) is 9.05. The molecule has 1 rings (SSSR count). The van der Waals surface area contributed by atoms with Gasteiger partial charge < -0.3 is 4.74 Å². The normalized spacial score (nSPS) is 23.5. The van der Waals surface area contributed by atoms with Gasteiger partial charge >= 0.3 is 0 Å². The summed E-state index contributed by atoms with van der Waals surface area (Å²) in [5.41, 5.74) is 0. The highest BCUT2D eigenvalue weighted by Gasteiger charge is 2.19. The van der Waals surface area contributed by atoms with E-state index in [-0.39, 0.29) is 0 Å². The first-order valence-electron chi connectivity index (χ1n) is 4.92. The number of hydrogen-bond acceptors (Lipinski definition) is 1. The second-order valence-corrected chi connectivity index (χ2v) is 3.72. The van der Waals surface area contributed by atoms with Gasteiger partial charge in [-0.1, -0.05) is 26.7 Å². The fourth-order valence-electron chi connectivity index (χ4n) is 1.98. The molecule has 0 aromatic carbocycles. The van der Waals surface area contributed by atoms with Crippen LogP contribution in [0.5, 0.6) is 0 Å². The molecule has 0 aromatic rings. The van der Waals surface area contributed by atoms with E-state index in [1.54, 1.807) is 0 Å². The highest BCUT2D eigenvalue weighted by atomic mass is 16.5. The fourth-order valence-corrected chi connectivity index (χ4v) is 1.98. The molecule has 1 atom stereocenters. The first-order valence-corrected chi connectivity index (χ1v) is 4.92. The molecule has 0 radical (unpaired) electrons. The summed E-state index contributed by atoms with van der Waals surface area (Å²) in [6.45, 7) is 6.66. The Morgan fingerprint density at radius 2 is 2.00 bits per heavy atom. The molecule has 11 heavy (non-hydrogen) atoms. The van der Waals surface area contributed by atoms with Crippen LogP contribution in [0.1, 0.15) is 39.5 Å². The predicted molar refractivity (Wildman–Crippen MR) is 47.6 cm³/mol. The SMILES string of the molecule is CCCC(C)C1CCOCC1. The van der Waals surface area contributed by atoms with E-state index >= 15 is 0 Å². The van der Waals surface area contributed by atoms with Crippen molar-refractivity contribution in [1.82, 2.24) is 0 Å². The largest absolute Gasteiger partial charge is 0.381 e. The van der Waals surface area contributed by atoms with Gasteiger partial charge in [0, 0.05) is 13.2 Å². The zero-order valence-electron chi connectivity index (χ0n) is 7.81. The van der Waals surface area contributed by atoms with Gasteiger partial charge in [-0.25, -0.2) is 0 Å². The third kappa shape index (κ3) is 2.82. The number of ether oxygens (including phenoxy) is 1. The maximum absolute atomic E-state index is 5.33. The summed E-state index contributed by atoms with van der Waals surface area (Å²) in [5.74, 6) is 1.87. The summed E-state index contributed by atoms with van der Waals surface area (Å²) in [5, 5.41) is 0. The van der Waals surface area contributed by atoms with Crippen LogP contribution in [-0.2, 0) is 4.74 Å². The lowest BCUT2D eigenvalue weighted by Gasteiger charge is -2.27. The Hall–Kier alpha value is -0.0400. The molecule has 1 saturated heterocycles. The summed E-state index contributed by atoms with van der Waals surface area (Å²) < 4.78 is 5.33. The molecule has 1 heteroatoms. The first-order chi connectivity index (χ1) is 5.34. The van der Waals surface area contributed by atoms with Crippen LogP contribution in [0.15, 0.2) is 0 Å². The molecule has 1 fully saturated rings. The van der Waals surface area contributed by atoms with Gasteiger partial charge in [-0.05, 0) is 24.7 Å². The van der Waals surface area contributed by atoms with Crippen LogP contribution in [0.2, 0.25) is 0 Å². The van der Waals surface area contributed by atoms with Gasteiger partial charge in [0.25, 0.3) is 0 Å². The topological polar surface area (TPSA) is 9.23 Å². The van der Waals surface area contributed by atoms with E-state index in [1.165, 1.54) is 25.7 Å². The molecule has 0 aliphatic carbocycles. The van der Waals surface area contributed by atoms with Crippen molar-refractivity contribution in [3.05, 3.63) is 0 Å². The molecule has 0 amide bonds. The lowest BCUT2D eigenvalue weighted by Crippen LogP contribution is -2.21. The van der Waals surface area contributed by atoms with Crippen molar-refractivity contribution >= 4 is 0 Å². The second-order valence-electron chi connectivity index (χ2n) is 3.72. The molecule has 0 saturated carbocycles. The average molecular weight is 156 g/mol. The minimum absolute atomic E-state index is 0.920. The Morgan fingerprint density at radius 3 is 2.55 bits per heavy atom. The Kier molecular flexibility index (Phi) is 3.92. The molecule has 1 heterocycles. The minimum Gasteiger partial charge on any atom is -0.381 e. The summed E-state index contributed by atoms with van der Waals surface area (Å²) >= 11 is 0. The summed E-state index contributed by atoms with van der Waals surface area (Å²) in [7, 11) is 0. The standard InChI is InChI=1S/C10H20O/c1-3-4-9(2)10-5-7-11-8-6-10/h9-10H,3-8H2,1-2H3.